The van der Waals surface area contributed by atoms with E-state index >= 15 is 0 Å². The number of unbranched alkanes of at least 4 members (excludes halogenated alkanes) is 3. The van der Waals surface area contributed by atoms with Gasteiger partial charge in [-0.1, -0.05) is 12.5 Å². The molecule has 0 fully saturated rings. The van der Waals surface area contributed by atoms with Gasteiger partial charge in [0.05, 0.1) is 21.1 Å². The first-order chi connectivity index (χ1) is 9.60. The molecule has 1 atom stereocenters. The Morgan fingerprint density at radius 3 is 2.29 bits per heavy atom. The standard InChI is InChI=1S/C15H27NO5/c1-16(2,3)12-15(21,11-14(19)20)13(18)9-7-5-4-6-8-10-17/h7,9,17,21H,4-6,8,10-12H2,1-3H3. The Morgan fingerprint density at radius 2 is 1.81 bits per heavy atom. The van der Waals surface area contributed by atoms with Crippen LogP contribution in [0, 0.1) is 0 Å². The Bertz CT molecular complexity index is 373. The molecule has 2 N–H and O–H groups in total. The van der Waals surface area contributed by atoms with Crippen LogP contribution < -0.4 is 5.11 Å². The largest absolute Gasteiger partial charge is 0.550 e. The minimum atomic E-state index is -1.95. The second-order valence-corrected chi connectivity index (χ2v) is 6.37. The van der Waals surface area contributed by atoms with Gasteiger partial charge in [-0.15, -0.1) is 0 Å². The van der Waals surface area contributed by atoms with Gasteiger partial charge in [0.25, 0.3) is 0 Å². The van der Waals surface area contributed by atoms with Crippen LogP contribution in [-0.2, 0) is 9.59 Å². The second kappa shape index (κ2) is 8.92. The number of hydrogen-bond acceptors (Lipinski definition) is 5. The minimum absolute atomic E-state index is 0.00529. The van der Waals surface area contributed by atoms with Gasteiger partial charge in [-0.3, -0.25) is 4.79 Å². The van der Waals surface area contributed by atoms with Gasteiger partial charge in [0.1, 0.15) is 6.54 Å². The first kappa shape index (κ1) is 19.8. The Hall–Kier alpha value is -1.24. The van der Waals surface area contributed by atoms with Crippen molar-refractivity contribution >= 4 is 11.8 Å². The number of aliphatic hydroxyl groups excluding tert-OH is 1. The van der Waals surface area contributed by atoms with Crippen LogP contribution in [0.4, 0.5) is 0 Å². The number of nitrogens with zero attached hydrogens (tertiary/aromatic N) is 1. The van der Waals surface area contributed by atoms with E-state index in [-0.39, 0.29) is 17.6 Å². The van der Waals surface area contributed by atoms with Gasteiger partial charge in [0.15, 0.2) is 11.4 Å². The number of carbonyl (C=O) groups excluding carboxylic acids is 2. The fraction of sp³-hybridized carbons (Fsp3) is 0.733. The smallest absolute Gasteiger partial charge is 0.193 e. The molecule has 21 heavy (non-hydrogen) atoms. The number of likely N-dealkylation sites (N-methyl/N-ethyl adjacent to an activating group) is 1. The van der Waals surface area contributed by atoms with E-state index in [4.69, 9.17) is 5.11 Å². The third-order valence-corrected chi connectivity index (χ3v) is 2.93. The molecule has 0 radical (unpaired) electrons. The molecule has 0 aromatic heterocycles. The number of carboxylic acid groups (broad SMARTS) is 1. The van der Waals surface area contributed by atoms with Gasteiger partial charge in [-0.05, 0) is 25.3 Å². The zero-order valence-electron chi connectivity index (χ0n) is 13.2. The van der Waals surface area contributed by atoms with Gasteiger partial charge in [0.2, 0.25) is 0 Å². The summed E-state index contributed by atoms with van der Waals surface area (Å²) in [7, 11) is 5.31. The fourth-order valence-electron chi connectivity index (χ4n) is 2.14. The Labute approximate surface area is 126 Å². The Morgan fingerprint density at radius 1 is 1.19 bits per heavy atom. The fourth-order valence-corrected chi connectivity index (χ4v) is 2.14. The zero-order chi connectivity index (χ0) is 16.5. The van der Waals surface area contributed by atoms with Gasteiger partial charge in [0, 0.05) is 19.0 Å². The summed E-state index contributed by atoms with van der Waals surface area (Å²) in [6, 6.07) is 0. The van der Waals surface area contributed by atoms with Gasteiger partial charge in [-0.25, -0.2) is 0 Å². The van der Waals surface area contributed by atoms with Crippen LogP contribution in [0.3, 0.4) is 0 Å². The summed E-state index contributed by atoms with van der Waals surface area (Å²) in [5.41, 5.74) is -1.95. The monoisotopic (exact) mass is 301 g/mol. The molecule has 6 heteroatoms. The van der Waals surface area contributed by atoms with Crippen LogP contribution in [0.2, 0.25) is 0 Å². The summed E-state index contributed by atoms with van der Waals surface area (Å²) >= 11 is 0. The van der Waals surface area contributed by atoms with Crippen molar-refractivity contribution in [2.45, 2.75) is 37.7 Å². The maximum Gasteiger partial charge on any atom is 0.193 e. The van der Waals surface area contributed by atoms with Gasteiger partial charge in [-0.2, -0.15) is 0 Å². The lowest BCUT2D eigenvalue weighted by molar-refractivity contribution is -0.875. The van der Waals surface area contributed by atoms with E-state index in [1.165, 1.54) is 6.08 Å². The average Bonchev–Trinajstić information content (AvgIpc) is 2.29. The summed E-state index contributed by atoms with van der Waals surface area (Å²) in [6.45, 7) is 0.145. The number of carboxylic acids is 1. The molecule has 0 heterocycles. The highest BCUT2D eigenvalue weighted by Crippen LogP contribution is 2.16. The average molecular weight is 301 g/mol. The Balaban J connectivity index is 4.65. The van der Waals surface area contributed by atoms with E-state index in [0.29, 0.717) is 6.42 Å². The molecule has 0 rings (SSSR count). The van der Waals surface area contributed by atoms with Crippen molar-refractivity contribution in [1.29, 1.82) is 0 Å². The number of hydrogen-bond donors (Lipinski definition) is 2. The molecular weight excluding hydrogens is 274 g/mol. The van der Waals surface area contributed by atoms with E-state index in [0.717, 1.165) is 19.3 Å². The van der Waals surface area contributed by atoms with Crippen molar-refractivity contribution in [3.8, 4) is 0 Å². The van der Waals surface area contributed by atoms with Crippen LogP contribution in [0.1, 0.15) is 32.1 Å². The third-order valence-electron chi connectivity index (χ3n) is 2.93. The molecule has 0 aliphatic carbocycles. The molecule has 0 bridgehead atoms. The summed E-state index contributed by atoms with van der Waals surface area (Å²) in [6.07, 6.45) is 5.23. The van der Waals surface area contributed by atoms with Crippen molar-refractivity contribution in [1.82, 2.24) is 0 Å². The van der Waals surface area contributed by atoms with Crippen molar-refractivity contribution in [3.05, 3.63) is 12.2 Å². The topological polar surface area (TPSA) is 97.7 Å². The third kappa shape index (κ3) is 9.33. The molecule has 0 aliphatic heterocycles. The van der Waals surface area contributed by atoms with Crippen molar-refractivity contribution < 1.29 is 29.4 Å². The number of rotatable bonds is 11. The summed E-state index contributed by atoms with van der Waals surface area (Å²) in [5.74, 6) is -2.06. The molecule has 0 aromatic carbocycles. The molecule has 0 spiro atoms. The second-order valence-electron chi connectivity index (χ2n) is 6.37. The lowest BCUT2D eigenvalue weighted by Crippen LogP contribution is -2.55. The van der Waals surface area contributed by atoms with E-state index in [1.54, 1.807) is 27.2 Å². The quantitative estimate of drug-likeness (QED) is 0.297. The molecule has 0 saturated carbocycles. The maximum atomic E-state index is 12.1. The number of carbonyl (C=O) groups is 2. The molecule has 1 unspecified atom stereocenters. The van der Waals surface area contributed by atoms with E-state index in [9.17, 15) is 19.8 Å². The molecular formula is C15H27NO5. The first-order valence-corrected chi connectivity index (χ1v) is 7.15. The number of ketones is 1. The minimum Gasteiger partial charge on any atom is -0.550 e. The first-order valence-electron chi connectivity index (χ1n) is 7.15. The highest BCUT2D eigenvalue weighted by molar-refractivity contribution is 5.99. The van der Waals surface area contributed by atoms with Crippen molar-refractivity contribution in [2.75, 3.05) is 34.3 Å². The molecule has 6 nitrogen and oxygen atoms in total. The number of allylic oxidation sites excluding steroid dienone is 1. The summed E-state index contributed by atoms with van der Waals surface area (Å²) in [4.78, 5) is 22.9. The predicted octanol–water partition coefficient (Wildman–Crippen LogP) is -0.758. The summed E-state index contributed by atoms with van der Waals surface area (Å²) < 4.78 is 0.264. The van der Waals surface area contributed by atoms with Crippen LogP contribution in [0.15, 0.2) is 12.2 Å². The van der Waals surface area contributed by atoms with Crippen LogP contribution in [-0.4, -0.2) is 66.3 Å². The molecule has 0 aliphatic rings. The lowest BCUT2D eigenvalue weighted by Gasteiger charge is -2.34. The van der Waals surface area contributed by atoms with Crippen molar-refractivity contribution in [3.63, 3.8) is 0 Å². The summed E-state index contributed by atoms with van der Waals surface area (Å²) in [5, 5.41) is 29.8. The SMILES string of the molecule is C[N+](C)(C)CC(O)(CC(=O)[O-])C(=O)C=CCCCCCO. The highest BCUT2D eigenvalue weighted by Gasteiger charge is 2.39. The van der Waals surface area contributed by atoms with E-state index in [2.05, 4.69) is 0 Å². The molecule has 0 aromatic rings. The van der Waals surface area contributed by atoms with Crippen molar-refractivity contribution in [2.24, 2.45) is 0 Å². The predicted molar refractivity (Wildman–Crippen MR) is 77.2 cm³/mol. The molecule has 0 saturated heterocycles. The molecule has 122 valence electrons. The van der Waals surface area contributed by atoms with Crippen LogP contribution >= 0.6 is 0 Å². The van der Waals surface area contributed by atoms with Gasteiger partial charge < -0.3 is 24.6 Å². The van der Waals surface area contributed by atoms with E-state index < -0.39 is 23.8 Å². The van der Waals surface area contributed by atoms with E-state index in [1.807, 2.05) is 0 Å². The normalized spacial score (nSPS) is 15.1. The van der Waals surface area contributed by atoms with Crippen LogP contribution in [0.25, 0.3) is 0 Å². The lowest BCUT2D eigenvalue weighted by atomic mass is 9.92. The van der Waals surface area contributed by atoms with Crippen LogP contribution in [0.5, 0.6) is 0 Å². The number of quaternary nitrogens is 1. The maximum absolute atomic E-state index is 12.1. The molecule has 0 amide bonds. The highest BCUT2D eigenvalue weighted by atomic mass is 16.4. The van der Waals surface area contributed by atoms with Gasteiger partial charge >= 0.3 is 0 Å². The number of aliphatic carboxylic acids is 1. The number of aliphatic hydroxyl groups is 2. The zero-order valence-corrected chi connectivity index (χ0v) is 13.2. The Kier molecular flexibility index (Phi) is 8.39.